The van der Waals surface area contributed by atoms with E-state index in [1.54, 1.807) is 28.6 Å². The minimum Gasteiger partial charge on any atom is -0.389 e. The zero-order chi connectivity index (χ0) is 14.9. The van der Waals surface area contributed by atoms with E-state index in [2.05, 4.69) is 6.92 Å². The van der Waals surface area contributed by atoms with Gasteiger partial charge in [0.2, 0.25) is 10.0 Å². The number of benzene rings is 1. The van der Waals surface area contributed by atoms with Gasteiger partial charge in [-0.2, -0.15) is 4.31 Å². The Hall–Kier alpha value is -0.980. The second-order valence-corrected chi connectivity index (χ2v) is 7.94. The first kappa shape index (κ1) is 15.4. The monoisotopic (exact) mass is 312 g/mol. The minimum atomic E-state index is -3.26. The van der Waals surface area contributed by atoms with Gasteiger partial charge in [-0.05, 0) is 24.8 Å². The zero-order valence-corrected chi connectivity index (χ0v) is 13.4. The first-order valence-corrected chi connectivity index (χ1v) is 8.69. The van der Waals surface area contributed by atoms with Gasteiger partial charge in [0.25, 0.3) is 0 Å². The lowest BCUT2D eigenvalue weighted by atomic mass is 10.1. The SMILES string of the molecule is CC1CC(C)N(S(=O)(=O)Cc2ccc(C(N)=S)cc2)C1. The van der Waals surface area contributed by atoms with Crippen molar-refractivity contribution in [3.63, 3.8) is 0 Å². The van der Waals surface area contributed by atoms with Crippen molar-refractivity contribution >= 4 is 27.2 Å². The largest absolute Gasteiger partial charge is 0.389 e. The number of sulfonamides is 1. The highest BCUT2D eigenvalue weighted by molar-refractivity contribution is 7.88. The predicted molar refractivity (Wildman–Crippen MR) is 84.9 cm³/mol. The summed E-state index contributed by atoms with van der Waals surface area (Å²) in [4.78, 5) is 0.321. The van der Waals surface area contributed by atoms with Gasteiger partial charge in [-0.25, -0.2) is 8.42 Å². The number of hydrogen-bond donors (Lipinski definition) is 1. The van der Waals surface area contributed by atoms with Crippen LogP contribution in [0.3, 0.4) is 0 Å². The fraction of sp³-hybridized carbons (Fsp3) is 0.500. The van der Waals surface area contributed by atoms with Crippen molar-refractivity contribution in [3.05, 3.63) is 35.4 Å². The van der Waals surface area contributed by atoms with E-state index in [1.165, 1.54) is 0 Å². The van der Waals surface area contributed by atoms with Gasteiger partial charge in [0.1, 0.15) is 4.99 Å². The Bertz CT molecular complexity index is 596. The summed E-state index contributed by atoms with van der Waals surface area (Å²) in [5, 5.41) is 0. The number of thiocarbonyl (C=S) groups is 1. The molecule has 2 atom stereocenters. The molecule has 0 bridgehead atoms. The third kappa shape index (κ3) is 3.37. The summed E-state index contributed by atoms with van der Waals surface area (Å²) in [6.07, 6.45) is 0.930. The molecule has 1 aliphatic heterocycles. The summed E-state index contributed by atoms with van der Waals surface area (Å²) in [6, 6.07) is 7.17. The van der Waals surface area contributed by atoms with Crippen LogP contribution in [0.2, 0.25) is 0 Å². The Labute approximate surface area is 126 Å². The molecular formula is C14H20N2O2S2. The van der Waals surface area contributed by atoms with Crippen LogP contribution in [0.25, 0.3) is 0 Å². The molecule has 0 spiro atoms. The number of nitrogens with zero attached hydrogens (tertiary/aromatic N) is 1. The van der Waals surface area contributed by atoms with Gasteiger partial charge in [-0.15, -0.1) is 0 Å². The molecule has 2 N–H and O–H groups in total. The summed E-state index contributed by atoms with van der Waals surface area (Å²) in [6.45, 7) is 4.68. The van der Waals surface area contributed by atoms with E-state index in [0.29, 0.717) is 17.5 Å². The quantitative estimate of drug-likeness (QED) is 0.862. The van der Waals surface area contributed by atoms with Gasteiger partial charge in [0.05, 0.1) is 5.75 Å². The van der Waals surface area contributed by atoms with Crippen molar-refractivity contribution in [1.82, 2.24) is 4.31 Å². The maximum Gasteiger partial charge on any atom is 0.218 e. The lowest BCUT2D eigenvalue weighted by molar-refractivity contribution is 0.405. The van der Waals surface area contributed by atoms with Crippen LogP contribution < -0.4 is 5.73 Å². The van der Waals surface area contributed by atoms with Crippen molar-refractivity contribution in [2.45, 2.75) is 32.1 Å². The fourth-order valence-electron chi connectivity index (χ4n) is 2.71. The van der Waals surface area contributed by atoms with E-state index >= 15 is 0 Å². The van der Waals surface area contributed by atoms with Crippen LogP contribution >= 0.6 is 12.2 Å². The summed E-state index contributed by atoms with van der Waals surface area (Å²) >= 11 is 4.88. The van der Waals surface area contributed by atoms with Gasteiger partial charge in [0, 0.05) is 18.2 Å². The molecule has 1 aromatic carbocycles. The molecule has 1 aliphatic rings. The molecule has 1 heterocycles. The van der Waals surface area contributed by atoms with Crippen molar-refractivity contribution in [2.24, 2.45) is 11.7 Å². The fourth-order valence-corrected chi connectivity index (χ4v) is 4.74. The normalized spacial score (nSPS) is 23.9. The average molecular weight is 312 g/mol. The molecule has 6 heteroatoms. The zero-order valence-electron chi connectivity index (χ0n) is 11.7. The van der Waals surface area contributed by atoms with Gasteiger partial charge >= 0.3 is 0 Å². The molecular weight excluding hydrogens is 292 g/mol. The Kier molecular flexibility index (Phi) is 4.46. The standard InChI is InChI=1S/C14H20N2O2S2/c1-10-7-11(2)16(8-10)20(17,18)9-12-3-5-13(6-4-12)14(15)19/h3-6,10-11H,7-9H2,1-2H3,(H2,15,19). The second kappa shape index (κ2) is 5.79. The van der Waals surface area contributed by atoms with E-state index in [-0.39, 0.29) is 11.8 Å². The molecule has 2 unspecified atom stereocenters. The first-order chi connectivity index (χ1) is 9.29. The highest BCUT2D eigenvalue weighted by Crippen LogP contribution is 2.27. The molecule has 0 radical (unpaired) electrons. The van der Waals surface area contributed by atoms with Crippen LogP contribution in [0.5, 0.6) is 0 Å². The molecule has 1 saturated heterocycles. The lowest BCUT2D eigenvalue weighted by Crippen LogP contribution is -2.34. The molecule has 110 valence electrons. The second-order valence-electron chi connectivity index (χ2n) is 5.58. The molecule has 1 aromatic rings. The van der Waals surface area contributed by atoms with Crippen LogP contribution in [0, 0.1) is 5.92 Å². The molecule has 0 amide bonds. The van der Waals surface area contributed by atoms with Crippen molar-refractivity contribution in [2.75, 3.05) is 6.54 Å². The van der Waals surface area contributed by atoms with Crippen molar-refractivity contribution < 1.29 is 8.42 Å². The number of hydrogen-bond acceptors (Lipinski definition) is 3. The third-order valence-electron chi connectivity index (χ3n) is 3.67. The highest BCUT2D eigenvalue weighted by Gasteiger charge is 2.34. The molecule has 0 aliphatic carbocycles. The molecule has 4 nitrogen and oxygen atoms in total. The molecule has 0 aromatic heterocycles. The van der Waals surface area contributed by atoms with E-state index in [0.717, 1.165) is 17.5 Å². The maximum atomic E-state index is 12.5. The van der Waals surface area contributed by atoms with Crippen LogP contribution in [0.4, 0.5) is 0 Å². The lowest BCUT2D eigenvalue weighted by Gasteiger charge is -2.21. The summed E-state index contributed by atoms with van der Waals surface area (Å²) in [7, 11) is -3.26. The predicted octanol–water partition coefficient (Wildman–Crippen LogP) is 1.88. The Balaban J connectivity index is 2.14. The van der Waals surface area contributed by atoms with Gasteiger partial charge < -0.3 is 5.73 Å². The number of rotatable bonds is 4. The average Bonchev–Trinajstić information content (AvgIpc) is 2.69. The molecule has 1 fully saturated rings. The van der Waals surface area contributed by atoms with Gasteiger partial charge in [0.15, 0.2) is 0 Å². The Morgan fingerprint density at radius 3 is 2.40 bits per heavy atom. The number of nitrogens with two attached hydrogens (primary N) is 1. The van der Waals surface area contributed by atoms with E-state index in [9.17, 15) is 8.42 Å². The summed E-state index contributed by atoms with van der Waals surface area (Å²) in [5.74, 6) is 0.457. The van der Waals surface area contributed by atoms with Crippen molar-refractivity contribution in [3.8, 4) is 0 Å². The van der Waals surface area contributed by atoms with Gasteiger partial charge in [-0.3, -0.25) is 0 Å². The van der Waals surface area contributed by atoms with Crippen molar-refractivity contribution in [1.29, 1.82) is 0 Å². The van der Waals surface area contributed by atoms with Crippen LogP contribution in [-0.4, -0.2) is 30.3 Å². The topological polar surface area (TPSA) is 63.4 Å². The first-order valence-electron chi connectivity index (χ1n) is 6.68. The van der Waals surface area contributed by atoms with Crippen LogP contribution in [0.1, 0.15) is 31.4 Å². The Morgan fingerprint density at radius 2 is 1.95 bits per heavy atom. The highest BCUT2D eigenvalue weighted by atomic mass is 32.2. The van der Waals surface area contributed by atoms with Crippen LogP contribution in [0.15, 0.2) is 24.3 Å². The Morgan fingerprint density at radius 1 is 1.35 bits per heavy atom. The minimum absolute atomic E-state index is 0.0294. The van der Waals surface area contributed by atoms with E-state index in [1.807, 2.05) is 6.92 Å². The summed E-state index contributed by atoms with van der Waals surface area (Å²) in [5.41, 5.74) is 7.04. The molecule has 0 saturated carbocycles. The third-order valence-corrected chi connectivity index (χ3v) is 5.83. The van der Waals surface area contributed by atoms with Gasteiger partial charge in [-0.1, -0.05) is 43.4 Å². The molecule has 2 rings (SSSR count). The maximum absolute atomic E-state index is 12.5. The molecule has 20 heavy (non-hydrogen) atoms. The van der Waals surface area contributed by atoms with E-state index in [4.69, 9.17) is 18.0 Å². The smallest absolute Gasteiger partial charge is 0.218 e. The van der Waals surface area contributed by atoms with Crippen LogP contribution in [-0.2, 0) is 15.8 Å². The van der Waals surface area contributed by atoms with E-state index < -0.39 is 10.0 Å². The summed E-state index contributed by atoms with van der Waals surface area (Å²) < 4.78 is 26.5.